The number of nitrogens with zero attached hydrogens (tertiary/aromatic N) is 1. The van der Waals surface area contributed by atoms with Gasteiger partial charge in [0, 0.05) is 18.8 Å². The number of rotatable bonds is 5. The zero-order chi connectivity index (χ0) is 16.8. The third-order valence-corrected chi connectivity index (χ3v) is 4.31. The maximum absolute atomic E-state index is 12.1. The number of benzene rings is 2. The van der Waals surface area contributed by atoms with Crippen molar-refractivity contribution >= 4 is 11.6 Å². The minimum Gasteiger partial charge on any atom is -0.490 e. The van der Waals surface area contributed by atoms with Crippen LogP contribution in [0, 0.1) is 0 Å². The zero-order valence-corrected chi connectivity index (χ0v) is 14.1. The molecule has 0 spiro atoms. The topological polar surface area (TPSA) is 41.6 Å². The first-order valence-corrected chi connectivity index (χ1v) is 8.48. The number of hydrogen-bond acceptors (Lipinski definition) is 3. The third kappa shape index (κ3) is 4.83. The van der Waals surface area contributed by atoms with Crippen molar-refractivity contribution in [2.45, 2.75) is 25.4 Å². The summed E-state index contributed by atoms with van der Waals surface area (Å²) in [6.07, 6.45) is 2.80. The van der Waals surface area contributed by atoms with Gasteiger partial charge in [-0.2, -0.15) is 0 Å². The van der Waals surface area contributed by atoms with Crippen molar-refractivity contribution in [1.82, 2.24) is 4.90 Å². The van der Waals surface area contributed by atoms with E-state index in [0.29, 0.717) is 12.5 Å². The Hall–Kier alpha value is -2.33. The Morgan fingerprint density at radius 3 is 2.42 bits per heavy atom. The largest absolute Gasteiger partial charge is 0.490 e. The predicted molar refractivity (Wildman–Crippen MR) is 96.4 cm³/mol. The number of likely N-dealkylation sites (tertiary alicyclic amines) is 1. The van der Waals surface area contributed by atoms with Gasteiger partial charge in [-0.25, -0.2) is 0 Å². The molecule has 24 heavy (non-hydrogen) atoms. The van der Waals surface area contributed by atoms with Crippen molar-refractivity contribution in [2.75, 3.05) is 25.5 Å². The Morgan fingerprint density at radius 2 is 1.75 bits per heavy atom. The Morgan fingerprint density at radius 1 is 1.08 bits per heavy atom. The van der Waals surface area contributed by atoms with Crippen LogP contribution >= 0.6 is 0 Å². The lowest BCUT2D eigenvalue weighted by Crippen LogP contribution is -2.35. The van der Waals surface area contributed by atoms with E-state index in [9.17, 15) is 4.79 Å². The molecule has 1 aliphatic heterocycles. The number of carbonyl (C=O) groups is 1. The molecule has 1 saturated heterocycles. The Kier molecular flexibility index (Phi) is 5.49. The standard InChI is InChI=1S/C20H24N2O2/c1-22-13-11-19(12-14-22)24-18-9-7-17(8-10-18)21-20(23)15-16-5-3-2-4-6-16/h2-10,19H,11-15H2,1H3,(H,21,23). The van der Waals surface area contributed by atoms with E-state index in [1.165, 1.54) is 0 Å². The lowest BCUT2D eigenvalue weighted by atomic mass is 10.1. The molecule has 1 N–H and O–H groups in total. The van der Waals surface area contributed by atoms with Crippen molar-refractivity contribution in [3.63, 3.8) is 0 Å². The average molecular weight is 324 g/mol. The first-order valence-electron chi connectivity index (χ1n) is 8.48. The lowest BCUT2D eigenvalue weighted by Gasteiger charge is -2.29. The van der Waals surface area contributed by atoms with Gasteiger partial charge in [0.2, 0.25) is 5.91 Å². The first-order chi connectivity index (χ1) is 11.7. The molecule has 2 aromatic rings. The van der Waals surface area contributed by atoms with Crippen LogP contribution in [0.2, 0.25) is 0 Å². The molecule has 0 atom stereocenters. The second-order valence-corrected chi connectivity index (χ2v) is 6.36. The monoisotopic (exact) mass is 324 g/mol. The molecule has 0 aliphatic carbocycles. The van der Waals surface area contributed by atoms with Gasteiger partial charge in [0.25, 0.3) is 0 Å². The van der Waals surface area contributed by atoms with Gasteiger partial charge in [-0.3, -0.25) is 4.79 Å². The summed E-state index contributed by atoms with van der Waals surface area (Å²) in [5.41, 5.74) is 1.81. The van der Waals surface area contributed by atoms with E-state index in [4.69, 9.17) is 4.74 Å². The van der Waals surface area contributed by atoms with Crippen molar-refractivity contribution < 1.29 is 9.53 Å². The quantitative estimate of drug-likeness (QED) is 0.917. The molecule has 0 unspecified atom stereocenters. The number of ether oxygens (including phenoxy) is 1. The number of anilines is 1. The van der Waals surface area contributed by atoms with Crippen LogP contribution in [0.5, 0.6) is 5.75 Å². The highest BCUT2D eigenvalue weighted by molar-refractivity contribution is 5.92. The van der Waals surface area contributed by atoms with Crippen molar-refractivity contribution in [3.05, 3.63) is 60.2 Å². The zero-order valence-electron chi connectivity index (χ0n) is 14.1. The van der Waals surface area contributed by atoms with Crippen LogP contribution in [-0.2, 0) is 11.2 Å². The van der Waals surface area contributed by atoms with E-state index in [0.717, 1.165) is 42.9 Å². The van der Waals surface area contributed by atoms with Gasteiger partial charge in [-0.1, -0.05) is 30.3 Å². The summed E-state index contributed by atoms with van der Waals surface area (Å²) in [5.74, 6) is 0.857. The predicted octanol–water partition coefficient (Wildman–Crippen LogP) is 3.34. The second kappa shape index (κ2) is 7.97. The van der Waals surface area contributed by atoms with E-state index in [-0.39, 0.29) is 5.91 Å². The summed E-state index contributed by atoms with van der Waals surface area (Å²) in [4.78, 5) is 14.4. The van der Waals surface area contributed by atoms with Crippen LogP contribution in [0.3, 0.4) is 0 Å². The highest BCUT2D eigenvalue weighted by Gasteiger charge is 2.17. The summed E-state index contributed by atoms with van der Waals surface area (Å²) in [6.45, 7) is 2.16. The van der Waals surface area contributed by atoms with Gasteiger partial charge < -0.3 is 15.0 Å². The van der Waals surface area contributed by atoms with Crippen LogP contribution in [0.1, 0.15) is 18.4 Å². The van der Waals surface area contributed by atoms with E-state index in [1.54, 1.807) is 0 Å². The maximum Gasteiger partial charge on any atom is 0.228 e. The summed E-state index contributed by atoms with van der Waals surface area (Å²) in [6, 6.07) is 17.4. The van der Waals surface area contributed by atoms with Crippen LogP contribution < -0.4 is 10.1 Å². The summed E-state index contributed by atoms with van der Waals surface area (Å²) in [7, 11) is 2.14. The molecule has 0 saturated carbocycles. The van der Waals surface area contributed by atoms with Crippen LogP contribution in [-0.4, -0.2) is 37.0 Å². The Labute approximate surface area is 143 Å². The highest BCUT2D eigenvalue weighted by Crippen LogP contribution is 2.21. The molecule has 1 aliphatic rings. The number of piperidine rings is 1. The van der Waals surface area contributed by atoms with Gasteiger partial charge in [-0.05, 0) is 49.7 Å². The Balaban J connectivity index is 1.50. The maximum atomic E-state index is 12.1. The third-order valence-electron chi connectivity index (χ3n) is 4.31. The minimum absolute atomic E-state index is 0.00909. The fraction of sp³-hybridized carbons (Fsp3) is 0.350. The molecule has 1 fully saturated rings. The fourth-order valence-corrected chi connectivity index (χ4v) is 2.90. The molecular weight excluding hydrogens is 300 g/mol. The van der Waals surface area contributed by atoms with Gasteiger partial charge in [0.05, 0.1) is 6.42 Å². The molecular formula is C20H24N2O2. The fourth-order valence-electron chi connectivity index (χ4n) is 2.90. The molecule has 126 valence electrons. The van der Waals surface area contributed by atoms with Crippen LogP contribution in [0.25, 0.3) is 0 Å². The van der Waals surface area contributed by atoms with Gasteiger partial charge in [0.15, 0.2) is 0 Å². The molecule has 4 nitrogen and oxygen atoms in total. The smallest absolute Gasteiger partial charge is 0.228 e. The summed E-state index contributed by atoms with van der Waals surface area (Å²) in [5, 5.41) is 2.93. The molecule has 3 rings (SSSR count). The molecule has 0 radical (unpaired) electrons. The van der Waals surface area contributed by atoms with Crippen LogP contribution in [0.15, 0.2) is 54.6 Å². The van der Waals surface area contributed by atoms with Gasteiger partial charge in [-0.15, -0.1) is 0 Å². The number of nitrogens with one attached hydrogen (secondary N) is 1. The van der Waals surface area contributed by atoms with E-state index in [1.807, 2.05) is 54.6 Å². The normalized spacial score (nSPS) is 15.9. The molecule has 2 aromatic carbocycles. The lowest BCUT2D eigenvalue weighted by molar-refractivity contribution is -0.115. The van der Waals surface area contributed by atoms with E-state index < -0.39 is 0 Å². The summed E-state index contributed by atoms with van der Waals surface area (Å²) >= 11 is 0. The highest BCUT2D eigenvalue weighted by atomic mass is 16.5. The van der Waals surface area contributed by atoms with Crippen LogP contribution in [0.4, 0.5) is 5.69 Å². The summed E-state index contributed by atoms with van der Waals surface area (Å²) < 4.78 is 6.02. The van der Waals surface area contributed by atoms with E-state index in [2.05, 4.69) is 17.3 Å². The Bertz CT molecular complexity index is 647. The van der Waals surface area contributed by atoms with Crippen molar-refractivity contribution in [2.24, 2.45) is 0 Å². The van der Waals surface area contributed by atoms with Gasteiger partial charge in [0.1, 0.15) is 11.9 Å². The molecule has 1 heterocycles. The van der Waals surface area contributed by atoms with Crippen molar-refractivity contribution in [3.8, 4) is 5.75 Å². The first kappa shape index (κ1) is 16.5. The molecule has 1 amide bonds. The van der Waals surface area contributed by atoms with Gasteiger partial charge >= 0.3 is 0 Å². The number of amides is 1. The van der Waals surface area contributed by atoms with E-state index >= 15 is 0 Å². The average Bonchev–Trinajstić information content (AvgIpc) is 2.59. The second-order valence-electron chi connectivity index (χ2n) is 6.36. The molecule has 4 heteroatoms. The van der Waals surface area contributed by atoms with Crippen molar-refractivity contribution in [1.29, 1.82) is 0 Å². The number of hydrogen-bond donors (Lipinski definition) is 1. The SMILES string of the molecule is CN1CCC(Oc2ccc(NC(=O)Cc3ccccc3)cc2)CC1. The molecule has 0 bridgehead atoms. The molecule has 0 aromatic heterocycles. The minimum atomic E-state index is -0.00909. The number of carbonyl (C=O) groups excluding carboxylic acids is 1.